The second-order valence-electron chi connectivity index (χ2n) is 10.6. The molecule has 1 saturated heterocycles. The molecule has 2 fully saturated rings. The predicted octanol–water partition coefficient (Wildman–Crippen LogP) is 4.50. The van der Waals surface area contributed by atoms with Crippen LogP contribution in [-0.4, -0.2) is 70.3 Å². The zero-order valence-corrected chi connectivity index (χ0v) is 23.5. The molecule has 3 aromatic rings. The summed E-state index contributed by atoms with van der Waals surface area (Å²) in [5.74, 6) is -0.259. The first kappa shape index (κ1) is 29.4. The second kappa shape index (κ2) is 12.4. The highest BCUT2D eigenvalue weighted by atomic mass is 32.1. The maximum absolute atomic E-state index is 13.0. The monoisotopic (exact) mass is 590 g/mol. The number of carbonyl (C=O) groups excluding carboxylic acids is 1. The molecular weight excluding hydrogens is 557 g/mol. The average Bonchev–Trinajstić information content (AvgIpc) is 3.45. The number of thiazole rings is 1. The number of hydrogen-bond acceptors (Lipinski definition) is 9. The minimum Gasteiger partial charge on any atom is -0.383 e. The van der Waals surface area contributed by atoms with E-state index in [0.29, 0.717) is 42.9 Å². The molecule has 13 heteroatoms. The molecule has 3 heterocycles. The van der Waals surface area contributed by atoms with E-state index in [1.807, 2.05) is 13.0 Å². The number of morpholine rings is 1. The normalized spacial score (nSPS) is 21.9. The van der Waals surface area contributed by atoms with E-state index in [1.54, 1.807) is 18.3 Å². The van der Waals surface area contributed by atoms with Crippen molar-refractivity contribution in [2.45, 2.75) is 44.4 Å². The number of amides is 1. The zero-order chi connectivity index (χ0) is 29.0. The minimum atomic E-state index is -4.57. The molecule has 5 rings (SSSR count). The third-order valence-corrected chi connectivity index (χ3v) is 8.72. The van der Waals surface area contributed by atoms with Crippen LogP contribution in [0.5, 0.6) is 0 Å². The Morgan fingerprint density at radius 3 is 2.68 bits per heavy atom. The molecule has 1 aromatic carbocycles. The Hall–Kier alpha value is -3.13. The van der Waals surface area contributed by atoms with E-state index in [0.717, 1.165) is 61.1 Å². The van der Waals surface area contributed by atoms with Crippen LogP contribution in [0.1, 0.15) is 41.9 Å². The SMILES string of the molecule is Cc1cc(Nc2nccc(C(F)(F)F)n2)cc(-c2cnc(C3(O)CCC(C(=O)NCCN4CCOCC4)CC3)s2)c1. The van der Waals surface area contributed by atoms with Gasteiger partial charge in [0, 0.05) is 50.2 Å². The highest BCUT2D eigenvalue weighted by Crippen LogP contribution is 2.43. The van der Waals surface area contributed by atoms with E-state index >= 15 is 0 Å². The van der Waals surface area contributed by atoms with Crippen molar-refractivity contribution in [3.05, 3.63) is 52.9 Å². The van der Waals surface area contributed by atoms with Gasteiger partial charge >= 0.3 is 6.18 Å². The maximum Gasteiger partial charge on any atom is 0.433 e. The topological polar surface area (TPSA) is 112 Å². The number of rotatable bonds is 8. The van der Waals surface area contributed by atoms with Crippen LogP contribution in [0.15, 0.2) is 36.7 Å². The molecule has 0 atom stereocenters. The summed E-state index contributed by atoms with van der Waals surface area (Å²) in [6.07, 6.45) is 0.220. The third-order valence-electron chi connectivity index (χ3n) is 7.48. The van der Waals surface area contributed by atoms with E-state index in [1.165, 1.54) is 11.3 Å². The summed E-state index contributed by atoms with van der Waals surface area (Å²) < 4.78 is 44.5. The van der Waals surface area contributed by atoms with Gasteiger partial charge in [-0.25, -0.2) is 15.0 Å². The summed E-state index contributed by atoms with van der Waals surface area (Å²) in [5, 5.41) is 17.9. The van der Waals surface area contributed by atoms with Crippen LogP contribution in [0.25, 0.3) is 10.4 Å². The number of anilines is 2. The molecule has 1 aliphatic heterocycles. The van der Waals surface area contributed by atoms with Crippen molar-refractivity contribution in [3.63, 3.8) is 0 Å². The molecule has 0 spiro atoms. The van der Waals surface area contributed by atoms with E-state index in [-0.39, 0.29) is 17.8 Å². The molecule has 2 aromatic heterocycles. The van der Waals surface area contributed by atoms with Crippen LogP contribution in [0.2, 0.25) is 0 Å². The fraction of sp³-hybridized carbons (Fsp3) is 0.500. The van der Waals surface area contributed by atoms with Crippen LogP contribution < -0.4 is 10.6 Å². The van der Waals surface area contributed by atoms with Gasteiger partial charge in [-0.15, -0.1) is 11.3 Å². The summed E-state index contributed by atoms with van der Waals surface area (Å²) in [4.78, 5) is 27.8. The molecule has 9 nitrogen and oxygen atoms in total. The largest absolute Gasteiger partial charge is 0.433 e. The van der Waals surface area contributed by atoms with Gasteiger partial charge in [0.1, 0.15) is 16.3 Å². The fourth-order valence-electron chi connectivity index (χ4n) is 5.20. The van der Waals surface area contributed by atoms with Crippen LogP contribution in [0, 0.1) is 12.8 Å². The van der Waals surface area contributed by atoms with Crippen molar-refractivity contribution in [2.24, 2.45) is 5.92 Å². The first-order chi connectivity index (χ1) is 19.6. The van der Waals surface area contributed by atoms with Crippen molar-refractivity contribution >= 4 is 28.9 Å². The average molecular weight is 591 g/mol. The summed E-state index contributed by atoms with van der Waals surface area (Å²) in [7, 11) is 0. The van der Waals surface area contributed by atoms with Crippen LogP contribution in [0.4, 0.5) is 24.8 Å². The molecule has 3 N–H and O–H groups in total. The standard InChI is InChI=1S/C28H33F3N6O3S/c1-18-14-20(16-21(15-18)35-26-33-7-4-23(36-26)28(29,30)31)22-17-34-25(41-22)27(39)5-2-19(3-6-27)24(38)32-8-9-37-10-12-40-13-11-37/h4,7,14-17,19,39H,2-3,5-6,8-13H2,1H3,(H,32,38)(H,33,35,36). The number of halogens is 3. The van der Waals surface area contributed by atoms with Crippen LogP contribution in [0.3, 0.4) is 0 Å². The number of hydrogen-bond donors (Lipinski definition) is 3. The van der Waals surface area contributed by atoms with Crippen molar-refractivity contribution in [1.82, 2.24) is 25.2 Å². The fourth-order valence-corrected chi connectivity index (χ4v) is 6.25. The number of ether oxygens (including phenoxy) is 1. The van der Waals surface area contributed by atoms with Gasteiger partial charge in [-0.2, -0.15) is 13.2 Å². The van der Waals surface area contributed by atoms with Gasteiger partial charge in [0.05, 0.1) is 18.1 Å². The van der Waals surface area contributed by atoms with Gasteiger partial charge in [0.15, 0.2) is 0 Å². The van der Waals surface area contributed by atoms with Crippen molar-refractivity contribution < 1.29 is 27.8 Å². The maximum atomic E-state index is 13.0. The Bertz CT molecular complexity index is 1350. The highest BCUT2D eigenvalue weighted by molar-refractivity contribution is 7.15. The Labute approximate surface area is 240 Å². The molecule has 220 valence electrons. The van der Waals surface area contributed by atoms with Crippen LogP contribution >= 0.6 is 11.3 Å². The molecule has 1 aliphatic carbocycles. The number of alkyl halides is 3. The van der Waals surface area contributed by atoms with E-state index < -0.39 is 17.5 Å². The molecule has 0 radical (unpaired) electrons. The predicted molar refractivity (Wildman–Crippen MR) is 149 cm³/mol. The number of aliphatic hydroxyl groups is 1. The highest BCUT2D eigenvalue weighted by Gasteiger charge is 2.39. The van der Waals surface area contributed by atoms with Gasteiger partial charge in [-0.3, -0.25) is 9.69 Å². The number of nitrogens with one attached hydrogen (secondary N) is 2. The smallest absolute Gasteiger partial charge is 0.383 e. The molecular formula is C28H33F3N6O3S. The van der Waals surface area contributed by atoms with Gasteiger partial charge in [0.2, 0.25) is 11.9 Å². The lowest BCUT2D eigenvalue weighted by Gasteiger charge is -2.34. The number of carbonyl (C=O) groups is 1. The minimum absolute atomic E-state index is 0.0321. The van der Waals surface area contributed by atoms with Crippen molar-refractivity contribution in [3.8, 4) is 10.4 Å². The van der Waals surface area contributed by atoms with Gasteiger partial charge in [-0.05, 0) is 61.9 Å². The lowest BCUT2D eigenvalue weighted by Crippen LogP contribution is -2.43. The zero-order valence-electron chi connectivity index (χ0n) is 22.7. The number of benzene rings is 1. The van der Waals surface area contributed by atoms with Gasteiger partial charge in [0.25, 0.3) is 0 Å². The molecule has 0 bridgehead atoms. The van der Waals surface area contributed by atoms with Gasteiger partial charge < -0.3 is 20.5 Å². The Balaban J connectivity index is 1.20. The van der Waals surface area contributed by atoms with E-state index in [4.69, 9.17) is 4.74 Å². The first-order valence-electron chi connectivity index (χ1n) is 13.6. The third kappa shape index (κ3) is 7.39. The van der Waals surface area contributed by atoms with Crippen molar-refractivity contribution in [1.29, 1.82) is 0 Å². The van der Waals surface area contributed by atoms with E-state index in [2.05, 4.69) is 30.5 Å². The number of aromatic nitrogens is 3. The quantitative estimate of drug-likeness (QED) is 0.352. The Morgan fingerprint density at radius 2 is 1.95 bits per heavy atom. The first-order valence-corrected chi connectivity index (χ1v) is 14.5. The Morgan fingerprint density at radius 1 is 1.20 bits per heavy atom. The molecule has 2 aliphatic rings. The lowest BCUT2D eigenvalue weighted by molar-refractivity contribution is -0.141. The molecule has 41 heavy (non-hydrogen) atoms. The second-order valence-corrected chi connectivity index (χ2v) is 11.6. The number of nitrogens with zero attached hydrogens (tertiary/aromatic N) is 4. The molecule has 0 unspecified atom stereocenters. The summed E-state index contributed by atoms with van der Waals surface area (Å²) >= 11 is 1.37. The lowest BCUT2D eigenvalue weighted by atomic mass is 9.78. The summed E-state index contributed by atoms with van der Waals surface area (Å²) in [6, 6.07) is 6.34. The summed E-state index contributed by atoms with van der Waals surface area (Å²) in [6.45, 7) is 6.50. The van der Waals surface area contributed by atoms with Gasteiger partial charge in [-0.1, -0.05) is 6.07 Å². The molecule has 1 saturated carbocycles. The van der Waals surface area contributed by atoms with E-state index in [9.17, 15) is 23.1 Å². The summed E-state index contributed by atoms with van der Waals surface area (Å²) in [5.41, 5.74) is 0.0899. The Kier molecular flexibility index (Phi) is 8.88. The number of aryl methyl sites for hydroxylation is 1. The molecule has 1 amide bonds. The van der Waals surface area contributed by atoms with Crippen LogP contribution in [-0.2, 0) is 21.3 Å². The van der Waals surface area contributed by atoms with Crippen molar-refractivity contribution in [2.75, 3.05) is 44.7 Å².